The molecule has 0 fully saturated rings. The van der Waals surface area contributed by atoms with Crippen LogP contribution < -0.4 is 5.48 Å². The molecule has 0 radical (unpaired) electrons. The number of methoxy groups -OCH3 is 1. The van der Waals surface area contributed by atoms with Gasteiger partial charge < -0.3 is 4.74 Å². The van der Waals surface area contributed by atoms with Crippen LogP contribution in [0, 0.1) is 0 Å². The van der Waals surface area contributed by atoms with E-state index in [1.54, 1.807) is 7.11 Å². The Morgan fingerprint density at radius 3 is 2.47 bits per heavy atom. The summed E-state index contributed by atoms with van der Waals surface area (Å²) in [5, 5.41) is 0. The van der Waals surface area contributed by atoms with Crippen molar-refractivity contribution in [3.05, 3.63) is 35.9 Å². The number of hydroxylamine groups is 1. The summed E-state index contributed by atoms with van der Waals surface area (Å²) in [7, 11) is 1.69. The van der Waals surface area contributed by atoms with Crippen molar-refractivity contribution in [2.75, 3.05) is 13.7 Å². The van der Waals surface area contributed by atoms with Crippen molar-refractivity contribution >= 4 is 0 Å². The summed E-state index contributed by atoms with van der Waals surface area (Å²) in [6.07, 6.45) is 0. The summed E-state index contributed by atoms with van der Waals surface area (Å²) in [6.45, 7) is 5.24. The van der Waals surface area contributed by atoms with E-state index < -0.39 is 0 Å². The summed E-state index contributed by atoms with van der Waals surface area (Å²) in [6, 6.07) is 10.0. The van der Waals surface area contributed by atoms with Gasteiger partial charge >= 0.3 is 0 Å². The number of benzene rings is 1. The first-order chi connectivity index (χ1) is 7.14. The predicted octanol–water partition coefficient (Wildman–Crippen LogP) is 2.13. The molecule has 1 rings (SSSR count). The van der Waals surface area contributed by atoms with Crippen LogP contribution in [-0.4, -0.2) is 19.3 Å². The Bertz CT molecular complexity index is 272. The van der Waals surface area contributed by atoms with Gasteiger partial charge in [0.2, 0.25) is 0 Å². The molecule has 0 aliphatic carbocycles. The maximum atomic E-state index is 5.33. The van der Waals surface area contributed by atoms with E-state index in [0.29, 0.717) is 13.2 Å². The second-order valence-corrected chi connectivity index (χ2v) is 4.06. The molecule has 0 aliphatic rings. The fraction of sp³-hybridized carbons (Fsp3) is 0.500. The van der Waals surface area contributed by atoms with Crippen LogP contribution in [0.5, 0.6) is 0 Å². The van der Waals surface area contributed by atoms with E-state index in [2.05, 4.69) is 5.48 Å². The quantitative estimate of drug-likeness (QED) is 0.575. The lowest BCUT2D eigenvalue weighted by molar-refractivity contribution is -0.0427. The van der Waals surface area contributed by atoms with Gasteiger partial charge in [-0.3, -0.25) is 4.84 Å². The summed E-state index contributed by atoms with van der Waals surface area (Å²) in [4.78, 5) is 5.33. The molecule has 0 amide bonds. The second-order valence-electron chi connectivity index (χ2n) is 4.06. The molecular formula is C12H19NO2. The Morgan fingerprint density at radius 2 is 1.87 bits per heavy atom. The monoisotopic (exact) mass is 209 g/mol. The van der Waals surface area contributed by atoms with Gasteiger partial charge in [0.05, 0.1) is 12.2 Å². The smallest absolute Gasteiger partial charge is 0.0933 e. The highest BCUT2D eigenvalue weighted by Gasteiger charge is 2.15. The SMILES string of the molecule is COC(C)(C)CNOCc1ccccc1. The van der Waals surface area contributed by atoms with Crippen LogP contribution in [-0.2, 0) is 16.2 Å². The molecule has 1 aromatic carbocycles. The highest BCUT2D eigenvalue weighted by molar-refractivity contribution is 5.13. The molecule has 15 heavy (non-hydrogen) atoms. The van der Waals surface area contributed by atoms with Crippen molar-refractivity contribution in [3.63, 3.8) is 0 Å². The highest BCUT2D eigenvalue weighted by atomic mass is 16.6. The Hall–Kier alpha value is -0.900. The molecular weight excluding hydrogens is 190 g/mol. The summed E-state index contributed by atoms with van der Waals surface area (Å²) in [5.41, 5.74) is 3.86. The normalized spacial score (nSPS) is 11.7. The van der Waals surface area contributed by atoms with Crippen LogP contribution in [0.1, 0.15) is 19.4 Å². The van der Waals surface area contributed by atoms with Gasteiger partial charge in [0.15, 0.2) is 0 Å². The minimum atomic E-state index is -0.198. The largest absolute Gasteiger partial charge is 0.377 e. The van der Waals surface area contributed by atoms with Gasteiger partial charge in [0.25, 0.3) is 0 Å². The fourth-order valence-electron chi connectivity index (χ4n) is 1.01. The zero-order valence-electron chi connectivity index (χ0n) is 9.62. The van der Waals surface area contributed by atoms with Crippen LogP contribution in [0.25, 0.3) is 0 Å². The molecule has 1 N–H and O–H groups in total. The lowest BCUT2D eigenvalue weighted by Crippen LogP contribution is -2.36. The van der Waals surface area contributed by atoms with Gasteiger partial charge in [-0.25, -0.2) is 0 Å². The van der Waals surface area contributed by atoms with Crippen molar-refractivity contribution in [1.29, 1.82) is 0 Å². The van der Waals surface area contributed by atoms with E-state index in [4.69, 9.17) is 9.57 Å². The number of nitrogens with one attached hydrogen (secondary N) is 1. The third kappa shape index (κ3) is 4.93. The standard InChI is InChI=1S/C12H19NO2/c1-12(2,14-3)10-13-15-9-11-7-5-4-6-8-11/h4-8,13H,9-10H2,1-3H3. The van der Waals surface area contributed by atoms with Gasteiger partial charge in [-0.05, 0) is 19.4 Å². The molecule has 84 valence electrons. The lowest BCUT2D eigenvalue weighted by Gasteiger charge is -2.22. The van der Waals surface area contributed by atoms with Crippen molar-refractivity contribution in [2.45, 2.75) is 26.1 Å². The number of rotatable bonds is 6. The Labute approximate surface area is 91.4 Å². The van der Waals surface area contributed by atoms with Gasteiger partial charge in [-0.1, -0.05) is 30.3 Å². The molecule has 3 heteroatoms. The highest BCUT2D eigenvalue weighted by Crippen LogP contribution is 2.05. The lowest BCUT2D eigenvalue weighted by atomic mass is 10.1. The van der Waals surface area contributed by atoms with Crippen LogP contribution in [0.3, 0.4) is 0 Å². The number of hydrogen-bond acceptors (Lipinski definition) is 3. The molecule has 0 atom stereocenters. The van der Waals surface area contributed by atoms with Gasteiger partial charge in [0, 0.05) is 13.7 Å². The third-order valence-electron chi connectivity index (χ3n) is 2.23. The maximum Gasteiger partial charge on any atom is 0.0933 e. The van der Waals surface area contributed by atoms with E-state index >= 15 is 0 Å². The van der Waals surface area contributed by atoms with Crippen molar-refractivity contribution < 1.29 is 9.57 Å². The Balaban J connectivity index is 2.18. The van der Waals surface area contributed by atoms with E-state index in [1.807, 2.05) is 44.2 Å². The van der Waals surface area contributed by atoms with E-state index in [1.165, 1.54) is 0 Å². The summed E-state index contributed by atoms with van der Waals surface area (Å²) >= 11 is 0. The van der Waals surface area contributed by atoms with Crippen LogP contribution in [0.4, 0.5) is 0 Å². The molecule has 0 heterocycles. The Morgan fingerprint density at radius 1 is 1.20 bits per heavy atom. The second kappa shape index (κ2) is 5.85. The average Bonchev–Trinajstić information content (AvgIpc) is 2.26. The minimum absolute atomic E-state index is 0.198. The molecule has 0 bridgehead atoms. The molecule has 3 nitrogen and oxygen atoms in total. The zero-order valence-corrected chi connectivity index (χ0v) is 9.62. The Kier molecular flexibility index (Phi) is 4.75. The van der Waals surface area contributed by atoms with Gasteiger partial charge in [-0.2, -0.15) is 5.48 Å². The predicted molar refractivity (Wildman–Crippen MR) is 60.3 cm³/mol. The first kappa shape index (κ1) is 12.2. The van der Waals surface area contributed by atoms with Gasteiger partial charge in [0.1, 0.15) is 0 Å². The third-order valence-corrected chi connectivity index (χ3v) is 2.23. The van der Waals surface area contributed by atoms with Crippen LogP contribution in [0.2, 0.25) is 0 Å². The molecule has 0 saturated carbocycles. The zero-order chi connectivity index (χ0) is 11.1. The van der Waals surface area contributed by atoms with Crippen LogP contribution >= 0.6 is 0 Å². The van der Waals surface area contributed by atoms with Gasteiger partial charge in [-0.15, -0.1) is 0 Å². The molecule has 0 saturated heterocycles. The summed E-state index contributed by atoms with van der Waals surface area (Å²) < 4.78 is 5.25. The summed E-state index contributed by atoms with van der Waals surface area (Å²) in [5.74, 6) is 0. The first-order valence-corrected chi connectivity index (χ1v) is 5.08. The van der Waals surface area contributed by atoms with E-state index in [0.717, 1.165) is 5.56 Å². The van der Waals surface area contributed by atoms with E-state index in [9.17, 15) is 0 Å². The first-order valence-electron chi connectivity index (χ1n) is 5.08. The topological polar surface area (TPSA) is 30.5 Å². The van der Waals surface area contributed by atoms with Crippen molar-refractivity contribution in [1.82, 2.24) is 5.48 Å². The van der Waals surface area contributed by atoms with E-state index in [-0.39, 0.29) is 5.60 Å². The van der Waals surface area contributed by atoms with Crippen LogP contribution in [0.15, 0.2) is 30.3 Å². The number of hydrogen-bond donors (Lipinski definition) is 1. The fourth-order valence-corrected chi connectivity index (χ4v) is 1.01. The molecule has 1 aromatic rings. The maximum absolute atomic E-state index is 5.33. The molecule has 0 aromatic heterocycles. The number of ether oxygens (including phenoxy) is 1. The molecule has 0 aliphatic heterocycles. The minimum Gasteiger partial charge on any atom is -0.377 e. The van der Waals surface area contributed by atoms with Crippen molar-refractivity contribution in [3.8, 4) is 0 Å². The van der Waals surface area contributed by atoms with Crippen molar-refractivity contribution in [2.24, 2.45) is 0 Å². The molecule has 0 unspecified atom stereocenters. The average molecular weight is 209 g/mol. The molecule has 0 spiro atoms.